The average molecular weight is 307 g/mol. The van der Waals surface area contributed by atoms with Crippen LogP contribution in [0, 0.1) is 11.3 Å². The highest BCUT2D eigenvalue weighted by atomic mass is 16.5. The summed E-state index contributed by atoms with van der Waals surface area (Å²) in [5.41, 5.74) is 0.00638. The standard InChI is InChI=1S/C18H29NO3/c1-12(2)17(3,4)11-18(5,6)19-16(21)14-9-8-13(22-7)10-15(14)20/h8-10,12,20H,11H2,1-7H3,(H,19,21). The molecule has 1 rings (SSSR count). The third-order valence-electron chi connectivity index (χ3n) is 4.36. The van der Waals surface area contributed by atoms with Crippen molar-refractivity contribution >= 4 is 5.91 Å². The van der Waals surface area contributed by atoms with Gasteiger partial charge in [-0.25, -0.2) is 0 Å². The van der Waals surface area contributed by atoms with Crippen molar-refractivity contribution in [1.82, 2.24) is 5.32 Å². The van der Waals surface area contributed by atoms with E-state index in [-0.39, 0.29) is 28.2 Å². The molecule has 22 heavy (non-hydrogen) atoms. The Labute approximate surface area is 133 Å². The number of rotatable bonds is 6. The van der Waals surface area contributed by atoms with Gasteiger partial charge < -0.3 is 15.2 Å². The first kappa shape index (κ1) is 18.3. The fraction of sp³-hybridized carbons (Fsp3) is 0.611. The summed E-state index contributed by atoms with van der Waals surface area (Å²) in [5.74, 6) is 0.688. The number of methoxy groups -OCH3 is 1. The number of phenolic OH excluding ortho intramolecular Hbond substituents is 1. The van der Waals surface area contributed by atoms with Crippen molar-refractivity contribution in [1.29, 1.82) is 0 Å². The number of ether oxygens (including phenoxy) is 1. The minimum atomic E-state index is -0.364. The van der Waals surface area contributed by atoms with Crippen LogP contribution in [0.4, 0.5) is 0 Å². The van der Waals surface area contributed by atoms with E-state index in [1.807, 2.05) is 13.8 Å². The molecule has 0 saturated heterocycles. The zero-order chi connectivity index (χ0) is 17.1. The van der Waals surface area contributed by atoms with E-state index < -0.39 is 0 Å². The summed E-state index contributed by atoms with van der Waals surface area (Å²) in [4.78, 5) is 12.4. The lowest BCUT2D eigenvalue weighted by atomic mass is 9.72. The summed E-state index contributed by atoms with van der Waals surface area (Å²) in [6, 6.07) is 4.69. The number of benzene rings is 1. The molecule has 124 valence electrons. The molecule has 0 heterocycles. The van der Waals surface area contributed by atoms with Crippen LogP contribution in [0.15, 0.2) is 18.2 Å². The molecular weight excluding hydrogens is 278 g/mol. The van der Waals surface area contributed by atoms with Gasteiger partial charge in [-0.1, -0.05) is 27.7 Å². The summed E-state index contributed by atoms with van der Waals surface area (Å²) in [6.45, 7) is 12.8. The summed E-state index contributed by atoms with van der Waals surface area (Å²) in [6.07, 6.45) is 0.848. The van der Waals surface area contributed by atoms with Crippen molar-refractivity contribution < 1.29 is 14.6 Å². The number of carbonyl (C=O) groups is 1. The van der Waals surface area contributed by atoms with Crippen LogP contribution in [0.2, 0.25) is 0 Å². The molecule has 4 nitrogen and oxygen atoms in total. The molecule has 0 aliphatic heterocycles. The van der Waals surface area contributed by atoms with Crippen LogP contribution in [0.1, 0.15) is 58.3 Å². The average Bonchev–Trinajstić information content (AvgIpc) is 2.35. The van der Waals surface area contributed by atoms with E-state index in [1.165, 1.54) is 13.2 Å². The second-order valence-electron chi connectivity index (χ2n) is 7.54. The molecule has 0 radical (unpaired) electrons. The van der Waals surface area contributed by atoms with E-state index in [2.05, 4.69) is 33.0 Å². The maximum atomic E-state index is 12.4. The Kier molecular flexibility index (Phi) is 5.49. The number of aromatic hydroxyl groups is 1. The number of hydrogen-bond acceptors (Lipinski definition) is 3. The molecule has 1 aromatic carbocycles. The minimum Gasteiger partial charge on any atom is -0.507 e. The molecule has 0 unspecified atom stereocenters. The first-order valence-electron chi connectivity index (χ1n) is 7.68. The van der Waals surface area contributed by atoms with Crippen molar-refractivity contribution in [2.24, 2.45) is 11.3 Å². The Hall–Kier alpha value is -1.71. The van der Waals surface area contributed by atoms with E-state index in [9.17, 15) is 9.90 Å². The molecule has 0 aromatic heterocycles. The number of carbonyl (C=O) groups excluding carboxylic acids is 1. The van der Waals surface area contributed by atoms with Gasteiger partial charge in [0.05, 0.1) is 12.7 Å². The van der Waals surface area contributed by atoms with Crippen LogP contribution in [-0.2, 0) is 0 Å². The lowest BCUT2D eigenvalue weighted by Gasteiger charge is -2.38. The second kappa shape index (κ2) is 6.59. The van der Waals surface area contributed by atoms with Crippen LogP contribution in [0.25, 0.3) is 0 Å². The predicted octanol–water partition coefficient (Wildman–Crippen LogP) is 3.98. The number of amides is 1. The van der Waals surface area contributed by atoms with Gasteiger partial charge in [0.25, 0.3) is 5.91 Å². The highest BCUT2D eigenvalue weighted by Crippen LogP contribution is 2.35. The first-order chi connectivity index (χ1) is 9.98. The summed E-state index contributed by atoms with van der Waals surface area (Å²) in [7, 11) is 1.52. The molecule has 0 aliphatic carbocycles. The van der Waals surface area contributed by atoms with Crippen LogP contribution in [0.3, 0.4) is 0 Å². The molecule has 0 bridgehead atoms. The Morgan fingerprint density at radius 3 is 2.32 bits per heavy atom. The van der Waals surface area contributed by atoms with Gasteiger partial charge in [0.1, 0.15) is 11.5 Å². The Bertz CT molecular complexity index is 533. The van der Waals surface area contributed by atoms with Gasteiger partial charge >= 0.3 is 0 Å². The third kappa shape index (κ3) is 4.65. The van der Waals surface area contributed by atoms with Gasteiger partial charge in [-0.2, -0.15) is 0 Å². The number of hydrogen-bond donors (Lipinski definition) is 2. The van der Waals surface area contributed by atoms with Crippen molar-refractivity contribution in [3.05, 3.63) is 23.8 Å². The third-order valence-corrected chi connectivity index (χ3v) is 4.36. The van der Waals surface area contributed by atoms with Crippen LogP contribution < -0.4 is 10.1 Å². The Morgan fingerprint density at radius 1 is 1.27 bits per heavy atom. The first-order valence-corrected chi connectivity index (χ1v) is 7.68. The summed E-state index contributed by atoms with van der Waals surface area (Å²) in [5, 5.41) is 13.0. The van der Waals surface area contributed by atoms with Crippen molar-refractivity contribution in [3.8, 4) is 11.5 Å². The molecule has 0 aliphatic rings. The highest BCUT2D eigenvalue weighted by molar-refractivity contribution is 5.97. The summed E-state index contributed by atoms with van der Waals surface area (Å²) >= 11 is 0. The number of phenols is 1. The molecule has 1 aromatic rings. The fourth-order valence-electron chi connectivity index (χ4n) is 2.59. The second-order valence-corrected chi connectivity index (χ2v) is 7.54. The van der Waals surface area contributed by atoms with Gasteiger partial charge in [-0.3, -0.25) is 4.79 Å². The summed E-state index contributed by atoms with van der Waals surface area (Å²) < 4.78 is 5.03. The topological polar surface area (TPSA) is 58.6 Å². The number of nitrogens with one attached hydrogen (secondary N) is 1. The highest BCUT2D eigenvalue weighted by Gasteiger charge is 2.32. The van der Waals surface area contributed by atoms with E-state index in [0.717, 1.165) is 6.42 Å². The van der Waals surface area contributed by atoms with E-state index in [4.69, 9.17) is 4.74 Å². The molecule has 0 spiro atoms. The van der Waals surface area contributed by atoms with Gasteiger partial charge in [-0.05, 0) is 43.7 Å². The monoisotopic (exact) mass is 307 g/mol. The molecule has 0 atom stereocenters. The van der Waals surface area contributed by atoms with Crippen LogP contribution >= 0.6 is 0 Å². The van der Waals surface area contributed by atoms with E-state index in [1.54, 1.807) is 12.1 Å². The minimum absolute atomic E-state index is 0.0734. The largest absolute Gasteiger partial charge is 0.507 e. The Morgan fingerprint density at radius 2 is 1.86 bits per heavy atom. The zero-order valence-electron chi connectivity index (χ0n) is 14.8. The van der Waals surface area contributed by atoms with E-state index in [0.29, 0.717) is 11.7 Å². The predicted molar refractivity (Wildman–Crippen MR) is 89.4 cm³/mol. The molecule has 2 N–H and O–H groups in total. The molecule has 1 amide bonds. The lowest BCUT2D eigenvalue weighted by molar-refractivity contribution is 0.0862. The lowest BCUT2D eigenvalue weighted by Crippen LogP contribution is -2.47. The van der Waals surface area contributed by atoms with Gasteiger partial charge in [0.15, 0.2) is 0 Å². The van der Waals surface area contributed by atoms with Gasteiger partial charge in [0.2, 0.25) is 0 Å². The Balaban J connectivity index is 2.87. The zero-order valence-corrected chi connectivity index (χ0v) is 14.8. The van der Waals surface area contributed by atoms with Crippen LogP contribution in [-0.4, -0.2) is 23.7 Å². The van der Waals surface area contributed by atoms with Crippen molar-refractivity contribution in [3.63, 3.8) is 0 Å². The van der Waals surface area contributed by atoms with Crippen molar-refractivity contribution in [2.45, 2.75) is 53.5 Å². The smallest absolute Gasteiger partial charge is 0.255 e. The van der Waals surface area contributed by atoms with Crippen LogP contribution in [0.5, 0.6) is 11.5 Å². The van der Waals surface area contributed by atoms with Crippen molar-refractivity contribution in [2.75, 3.05) is 7.11 Å². The molecule has 0 saturated carbocycles. The SMILES string of the molecule is COc1ccc(C(=O)NC(C)(C)CC(C)(C)C(C)C)c(O)c1. The molecular formula is C18H29NO3. The van der Waals surface area contributed by atoms with E-state index >= 15 is 0 Å². The molecule has 4 heteroatoms. The van der Waals surface area contributed by atoms with Gasteiger partial charge in [-0.15, -0.1) is 0 Å². The maximum absolute atomic E-state index is 12.4. The normalized spacial score (nSPS) is 12.4. The van der Waals surface area contributed by atoms with Gasteiger partial charge in [0, 0.05) is 11.6 Å². The quantitative estimate of drug-likeness (QED) is 0.835. The fourth-order valence-corrected chi connectivity index (χ4v) is 2.59. The maximum Gasteiger partial charge on any atom is 0.255 e. The molecule has 0 fully saturated rings.